The third kappa shape index (κ3) is 6.94. The zero-order valence-electron chi connectivity index (χ0n) is 28.8. The molecule has 276 valence electrons. The van der Waals surface area contributed by atoms with Gasteiger partial charge < -0.3 is 13.5 Å². The molecule has 3 aromatic rings. The number of alkyl halides is 10. The van der Waals surface area contributed by atoms with E-state index in [1.165, 1.54) is 39.0 Å². The van der Waals surface area contributed by atoms with Crippen molar-refractivity contribution in [3.63, 3.8) is 0 Å². The maximum Gasteiger partial charge on any atom is 0.461 e. The number of hydrogen-bond acceptors (Lipinski definition) is 3. The van der Waals surface area contributed by atoms with Crippen LogP contribution in [0.3, 0.4) is 0 Å². The van der Waals surface area contributed by atoms with Gasteiger partial charge in [-0.1, -0.05) is 35.9 Å². The van der Waals surface area contributed by atoms with Gasteiger partial charge in [-0.25, -0.2) is 4.79 Å². The molecule has 2 aromatic carbocycles. The van der Waals surface area contributed by atoms with Crippen molar-refractivity contribution in [3.8, 4) is 0 Å². The molecule has 16 heteroatoms. The lowest BCUT2D eigenvalue weighted by molar-refractivity contribution is -0.359. The summed E-state index contributed by atoms with van der Waals surface area (Å²) in [4.78, 5) is 18.1. The molecule has 2 heterocycles. The molecule has 1 aliphatic heterocycles. The number of allylic oxidation sites excluding steroid dienone is 1. The first-order valence-electron chi connectivity index (χ1n) is 15.6. The summed E-state index contributed by atoms with van der Waals surface area (Å²) in [5.41, 5.74) is 1.63. The Balaban J connectivity index is 1.99. The molecule has 0 spiro atoms. The smallest absolute Gasteiger partial charge is 0.455 e. The maximum atomic E-state index is 15.7. The molecule has 0 radical (unpaired) electrons. The second-order valence-corrected chi connectivity index (χ2v) is 12.8. The Kier molecular flexibility index (Phi) is 10.5. The predicted molar refractivity (Wildman–Crippen MR) is 172 cm³/mol. The monoisotopic (exact) mass is 734 g/mol. The summed E-state index contributed by atoms with van der Waals surface area (Å²) in [6.07, 6.45) is -11.4. The minimum Gasteiger partial charge on any atom is -0.455 e. The Labute approximate surface area is 287 Å². The van der Waals surface area contributed by atoms with Crippen LogP contribution < -0.4 is 0 Å². The number of nitrogens with zero attached hydrogens (tertiary/aromatic N) is 2. The van der Waals surface area contributed by atoms with Crippen LogP contribution >= 0.6 is 0 Å². The van der Waals surface area contributed by atoms with E-state index in [2.05, 4.69) is 4.74 Å². The minimum atomic E-state index is -6.66. The molecular weight excluding hydrogens is 700 g/mol. The van der Waals surface area contributed by atoms with E-state index in [4.69, 9.17) is 4.99 Å². The van der Waals surface area contributed by atoms with Crippen LogP contribution in [0.5, 0.6) is 0 Å². The second-order valence-electron chi connectivity index (χ2n) is 12.8. The van der Waals surface area contributed by atoms with E-state index in [1.807, 2.05) is 19.1 Å². The van der Waals surface area contributed by atoms with E-state index < -0.39 is 67.0 Å². The van der Waals surface area contributed by atoms with Crippen LogP contribution in [-0.4, -0.2) is 54.0 Å². The molecule has 2 unspecified atom stereocenters. The van der Waals surface area contributed by atoms with Gasteiger partial charge in [-0.3, -0.25) is 4.99 Å². The van der Waals surface area contributed by atoms with Crippen LogP contribution in [0, 0.1) is 34.6 Å². The largest absolute Gasteiger partial charge is 0.461 e. The van der Waals surface area contributed by atoms with Crippen LogP contribution in [-0.2, 0) is 10.9 Å². The van der Waals surface area contributed by atoms with E-state index in [-0.39, 0.29) is 33.8 Å². The highest BCUT2D eigenvalue weighted by Gasteiger charge is 2.73. The third-order valence-electron chi connectivity index (χ3n) is 9.20. The Bertz CT molecular complexity index is 1900. The summed E-state index contributed by atoms with van der Waals surface area (Å²) in [7, 11) is -1.94. The highest BCUT2D eigenvalue weighted by Crippen LogP contribution is 2.48. The van der Waals surface area contributed by atoms with Crippen molar-refractivity contribution in [1.82, 2.24) is 4.48 Å². The highest BCUT2D eigenvalue weighted by atomic mass is 19.4. The molecule has 0 saturated heterocycles. The summed E-state index contributed by atoms with van der Waals surface area (Å²) in [6, 6.07) is 7.52. The Morgan fingerprint density at radius 1 is 0.902 bits per heavy atom. The molecule has 0 saturated carbocycles. The molecule has 2 atom stereocenters. The van der Waals surface area contributed by atoms with Crippen LogP contribution in [0.15, 0.2) is 47.0 Å². The van der Waals surface area contributed by atoms with Crippen molar-refractivity contribution >= 4 is 24.4 Å². The molecule has 0 N–H and O–H groups in total. The molecule has 4 nitrogen and oxygen atoms in total. The number of rotatable bonds is 9. The third-order valence-corrected chi connectivity index (χ3v) is 9.20. The van der Waals surface area contributed by atoms with Crippen molar-refractivity contribution in [1.29, 1.82) is 0 Å². The second kappa shape index (κ2) is 13.5. The van der Waals surface area contributed by atoms with E-state index >= 15 is 4.32 Å². The predicted octanol–water partition coefficient (Wildman–Crippen LogP) is 10.4. The summed E-state index contributed by atoms with van der Waals surface area (Å²) >= 11 is 0. The number of benzene rings is 2. The van der Waals surface area contributed by atoms with Crippen molar-refractivity contribution in [2.75, 3.05) is 6.61 Å². The van der Waals surface area contributed by atoms with Crippen LogP contribution in [0.25, 0.3) is 5.57 Å². The molecule has 0 fully saturated rings. The molecular formula is C35H34BF11N2O2. The van der Waals surface area contributed by atoms with Gasteiger partial charge in [-0.2, -0.15) is 43.9 Å². The van der Waals surface area contributed by atoms with Gasteiger partial charge in [0.1, 0.15) is 0 Å². The summed E-state index contributed by atoms with van der Waals surface area (Å²) in [5.74, 6) is -15.1. The molecule has 1 aliphatic rings. The number of ether oxygens (including phenoxy) is 1. The number of aromatic nitrogens is 1. The molecule has 1 aromatic heterocycles. The molecule has 51 heavy (non-hydrogen) atoms. The Morgan fingerprint density at radius 3 is 1.96 bits per heavy atom. The number of esters is 1. The van der Waals surface area contributed by atoms with Crippen molar-refractivity contribution < 1.29 is 57.8 Å². The van der Waals surface area contributed by atoms with Crippen molar-refractivity contribution in [2.24, 2.45) is 4.99 Å². The number of carbonyl (C=O) groups excluding carboxylic acids is 1. The van der Waals surface area contributed by atoms with E-state index in [0.717, 1.165) is 22.9 Å². The van der Waals surface area contributed by atoms with Crippen LogP contribution in [0.4, 0.5) is 48.2 Å². The summed E-state index contributed by atoms with van der Waals surface area (Å²) < 4.78 is 157. The minimum absolute atomic E-state index is 0.0446. The molecule has 0 amide bonds. The van der Waals surface area contributed by atoms with Gasteiger partial charge in [0.05, 0.1) is 23.1 Å². The van der Waals surface area contributed by atoms with Crippen LogP contribution in [0.1, 0.15) is 80.5 Å². The van der Waals surface area contributed by atoms with E-state index in [0.29, 0.717) is 22.3 Å². The number of halogens is 11. The van der Waals surface area contributed by atoms with Gasteiger partial charge in [0.2, 0.25) is 0 Å². The topological polar surface area (TPSA) is 43.6 Å². The standard InChI is InChI=1S/C35H34BF11N2O2/c1-16-13-17(2)25(18(3)14-16)28(29-19(4)26(21(6)48-29)23-11-9-10-12-24(23)33(39,40)41)30-20(5)27(22(7)49(30)36(8)47)31(50)51-15-32(37,38)34(42,43)35(44,45)46/h9-14,28-29H,15H2,1-8H3. The van der Waals surface area contributed by atoms with Gasteiger partial charge >= 0.3 is 37.3 Å². The summed E-state index contributed by atoms with van der Waals surface area (Å²) in [5, 5.41) is 0. The number of hydrogen-bond donors (Lipinski definition) is 0. The normalized spacial score (nSPS) is 16.5. The fourth-order valence-electron chi connectivity index (χ4n) is 7.16. The zero-order chi connectivity index (χ0) is 38.8. The van der Waals surface area contributed by atoms with Crippen LogP contribution in [0.2, 0.25) is 6.82 Å². The SMILES string of the molecule is CB(F)n1c(C)c(C(=O)OCC(F)(F)C(F)(F)C(F)(F)F)c(C)c1C(c1c(C)cc(C)cc1C)C1N=C(C)C(c2ccccc2C(F)(F)F)=C1C. The summed E-state index contributed by atoms with van der Waals surface area (Å²) in [6.45, 7) is 9.38. The Hall–Kier alpha value is -4.11. The average Bonchev–Trinajstić information content (AvgIpc) is 3.42. The quantitative estimate of drug-likeness (QED) is 0.125. The van der Waals surface area contributed by atoms with Gasteiger partial charge in [0, 0.05) is 22.7 Å². The Morgan fingerprint density at radius 2 is 1.45 bits per heavy atom. The highest BCUT2D eigenvalue weighted by molar-refractivity contribution is 6.48. The molecule has 0 bridgehead atoms. The maximum absolute atomic E-state index is 15.7. The first-order valence-corrected chi connectivity index (χ1v) is 15.6. The first kappa shape index (κ1) is 39.7. The zero-order valence-corrected chi connectivity index (χ0v) is 28.8. The lowest BCUT2D eigenvalue weighted by Crippen LogP contribution is -2.54. The number of aryl methyl sites for hydroxylation is 3. The van der Waals surface area contributed by atoms with E-state index in [9.17, 15) is 48.7 Å². The van der Waals surface area contributed by atoms with E-state index in [1.54, 1.807) is 20.8 Å². The average molecular weight is 734 g/mol. The molecule has 0 aliphatic carbocycles. The van der Waals surface area contributed by atoms with Crippen molar-refractivity contribution in [2.45, 2.75) is 91.4 Å². The number of carbonyl (C=O) groups is 1. The van der Waals surface area contributed by atoms with Gasteiger partial charge in [0.25, 0.3) is 0 Å². The number of aliphatic imine (C=N–C) groups is 1. The fraction of sp³-hybridized carbons (Fsp3) is 0.429. The lowest BCUT2D eigenvalue weighted by atomic mass is 9.77. The first-order chi connectivity index (χ1) is 23.3. The fourth-order valence-corrected chi connectivity index (χ4v) is 7.16. The molecule has 4 rings (SSSR count). The van der Waals surface area contributed by atoms with Gasteiger partial charge in [-0.15, -0.1) is 0 Å². The van der Waals surface area contributed by atoms with Crippen molar-refractivity contribution in [3.05, 3.63) is 97.9 Å². The van der Waals surface area contributed by atoms with Gasteiger partial charge in [-0.05, 0) is 94.7 Å². The van der Waals surface area contributed by atoms with Gasteiger partial charge in [0.15, 0.2) is 6.61 Å². The lowest BCUT2D eigenvalue weighted by Gasteiger charge is -2.30.